The summed E-state index contributed by atoms with van der Waals surface area (Å²) in [5.74, 6) is 2.72. The van der Waals surface area contributed by atoms with E-state index < -0.39 is 0 Å². The quantitative estimate of drug-likeness (QED) is 0.411. The number of benzene rings is 1. The van der Waals surface area contributed by atoms with Gasteiger partial charge in [-0.25, -0.2) is 4.98 Å². The van der Waals surface area contributed by atoms with Gasteiger partial charge in [0.1, 0.15) is 0 Å². The van der Waals surface area contributed by atoms with Gasteiger partial charge in [-0.2, -0.15) is 0 Å². The summed E-state index contributed by atoms with van der Waals surface area (Å²) < 4.78 is 0. The number of fused-ring (bicyclic) bond motifs is 3. The zero-order chi connectivity index (χ0) is 26.1. The molecule has 1 N–H and O–H groups in total. The Morgan fingerprint density at radius 1 is 1.11 bits per heavy atom. The molecule has 3 aromatic rings. The lowest BCUT2D eigenvalue weighted by Crippen LogP contribution is -2.38. The molecule has 2 unspecified atom stereocenters. The van der Waals surface area contributed by atoms with Crippen LogP contribution in [0.4, 0.5) is 5.13 Å². The van der Waals surface area contributed by atoms with Gasteiger partial charge < -0.3 is 10.2 Å². The predicted octanol–water partition coefficient (Wildman–Crippen LogP) is 6.16. The van der Waals surface area contributed by atoms with Crippen molar-refractivity contribution in [3.63, 3.8) is 0 Å². The molecule has 204 valence electrons. The van der Waals surface area contributed by atoms with Gasteiger partial charge in [0.15, 0.2) is 5.13 Å². The van der Waals surface area contributed by atoms with Crippen LogP contribution in [-0.2, 0) is 13.0 Å². The molecule has 0 bridgehead atoms. The van der Waals surface area contributed by atoms with E-state index in [9.17, 15) is 4.79 Å². The maximum absolute atomic E-state index is 13.0. The SMILES string of the molecule is CC.O=C(NC1CCC(CCN2CCc3sc(N4CC5CC5C4)nc3C2)CC1)c1cccc2ncccc12.[HH]. The molecule has 1 saturated heterocycles. The van der Waals surface area contributed by atoms with Crippen molar-refractivity contribution in [2.24, 2.45) is 17.8 Å². The minimum atomic E-state index is 0. The second-order valence-electron chi connectivity index (χ2n) is 11.4. The number of carbonyl (C=O) groups excluding carboxylic acids is 1. The highest BCUT2D eigenvalue weighted by Gasteiger charge is 2.46. The number of thiazole rings is 1. The minimum Gasteiger partial charge on any atom is -0.349 e. The van der Waals surface area contributed by atoms with Crippen molar-refractivity contribution in [3.05, 3.63) is 52.7 Å². The summed E-state index contributed by atoms with van der Waals surface area (Å²) in [6.45, 7) is 9.85. The number of nitrogens with zero attached hydrogens (tertiary/aromatic N) is 4. The number of hydrogen-bond acceptors (Lipinski definition) is 6. The Hall–Kier alpha value is -2.51. The van der Waals surface area contributed by atoms with Gasteiger partial charge >= 0.3 is 0 Å². The molecule has 2 atom stereocenters. The van der Waals surface area contributed by atoms with Crippen LogP contribution in [0.1, 0.15) is 74.7 Å². The van der Waals surface area contributed by atoms with E-state index in [4.69, 9.17) is 4.98 Å². The highest BCUT2D eigenvalue weighted by atomic mass is 32.1. The largest absolute Gasteiger partial charge is 0.349 e. The van der Waals surface area contributed by atoms with Crippen LogP contribution < -0.4 is 10.2 Å². The summed E-state index contributed by atoms with van der Waals surface area (Å²) >= 11 is 1.96. The molecule has 1 aromatic carbocycles. The molecule has 6 nitrogen and oxygen atoms in total. The molecule has 1 amide bonds. The molecule has 7 rings (SSSR count). The van der Waals surface area contributed by atoms with Crippen LogP contribution in [0.3, 0.4) is 0 Å². The van der Waals surface area contributed by atoms with E-state index in [-0.39, 0.29) is 13.4 Å². The number of carbonyl (C=O) groups is 1. The summed E-state index contributed by atoms with van der Waals surface area (Å²) in [7, 11) is 0. The first-order valence-corrected chi connectivity index (χ1v) is 15.6. The number of nitrogens with one attached hydrogen (secondary N) is 1. The third-order valence-corrected chi connectivity index (χ3v) is 10.2. The molecule has 2 saturated carbocycles. The molecule has 2 aliphatic heterocycles. The molecule has 2 aliphatic carbocycles. The van der Waals surface area contributed by atoms with E-state index in [2.05, 4.69) is 20.1 Å². The highest BCUT2D eigenvalue weighted by molar-refractivity contribution is 7.15. The van der Waals surface area contributed by atoms with Crippen LogP contribution in [0.25, 0.3) is 10.9 Å². The molecule has 4 heterocycles. The topological polar surface area (TPSA) is 61.4 Å². The third-order valence-electron chi connectivity index (χ3n) is 8.97. The van der Waals surface area contributed by atoms with E-state index in [0.29, 0.717) is 0 Å². The van der Waals surface area contributed by atoms with Gasteiger partial charge in [0.25, 0.3) is 5.91 Å². The fourth-order valence-corrected chi connectivity index (χ4v) is 7.72. The first-order valence-electron chi connectivity index (χ1n) is 14.8. The Bertz CT molecular complexity index is 1260. The van der Waals surface area contributed by atoms with Gasteiger partial charge in [0.05, 0.1) is 11.2 Å². The number of amides is 1. The lowest BCUT2D eigenvalue weighted by atomic mass is 9.84. The Morgan fingerprint density at radius 2 is 1.92 bits per heavy atom. The number of aromatic nitrogens is 2. The molecule has 38 heavy (non-hydrogen) atoms. The van der Waals surface area contributed by atoms with Crippen LogP contribution in [0.2, 0.25) is 0 Å². The summed E-state index contributed by atoms with van der Waals surface area (Å²) in [5.41, 5.74) is 2.95. The Morgan fingerprint density at radius 3 is 2.74 bits per heavy atom. The van der Waals surface area contributed by atoms with Gasteiger partial charge in [-0.3, -0.25) is 14.7 Å². The van der Waals surface area contributed by atoms with E-state index >= 15 is 0 Å². The molecule has 3 fully saturated rings. The summed E-state index contributed by atoms with van der Waals surface area (Å²) in [5, 5.41) is 5.52. The Labute approximate surface area is 232 Å². The van der Waals surface area contributed by atoms with Crippen molar-refractivity contribution in [1.29, 1.82) is 0 Å². The predicted molar refractivity (Wildman–Crippen MR) is 158 cm³/mol. The Balaban J connectivity index is 0.00000101. The van der Waals surface area contributed by atoms with Gasteiger partial charge in [0.2, 0.25) is 0 Å². The van der Waals surface area contributed by atoms with Gasteiger partial charge in [0, 0.05) is 55.7 Å². The van der Waals surface area contributed by atoms with E-state index in [1.807, 2.05) is 55.5 Å². The van der Waals surface area contributed by atoms with Crippen molar-refractivity contribution in [3.8, 4) is 0 Å². The summed E-state index contributed by atoms with van der Waals surface area (Å²) in [6, 6.07) is 9.96. The number of piperidine rings is 1. The molecular weight excluding hydrogens is 490 g/mol. The van der Waals surface area contributed by atoms with Crippen molar-refractivity contribution in [2.45, 2.75) is 71.4 Å². The lowest BCUT2D eigenvalue weighted by molar-refractivity contribution is 0.0921. The normalized spacial score (nSPS) is 26.3. The number of pyridine rings is 1. The summed E-state index contributed by atoms with van der Waals surface area (Å²) in [4.78, 5) is 29.1. The monoisotopic (exact) mass is 533 g/mol. The van der Waals surface area contributed by atoms with Crippen molar-refractivity contribution in [1.82, 2.24) is 20.2 Å². The molecule has 2 aromatic heterocycles. The van der Waals surface area contributed by atoms with Gasteiger partial charge in [-0.1, -0.05) is 26.0 Å². The van der Waals surface area contributed by atoms with Crippen LogP contribution in [-0.4, -0.2) is 53.0 Å². The number of rotatable bonds is 6. The Kier molecular flexibility index (Phi) is 7.66. The number of anilines is 1. The molecule has 0 spiro atoms. The van der Waals surface area contributed by atoms with Gasteiger partial charge in [-0.05, 0) is 87.4 Å². The fourth-order valence-electron chi connectivity index (χ4n) is 6.64. The minimum absolute atomic E-state index is 0. The number of hydrogen-bond donors (Lipinski definition) is 1. The van der Waals surface area contributed by atoms with Crippen LogP contribution in [0.15, 0.2) is 36.5 Å². The molecule has 0 radical (unpaired) electrons. The highest BCUT2D eigenvalue weighted by Crippen LogP contribution is 2.47. The molecule has 7 heteroatoms. The first-order chi connectivity index (χ1) is 18.7. The lowest BCUT2D eigenvalue weighted by Gasteiger charge is -2.32. The molecule has 4 aliphatic rings. The zero-order valence-corrected chi connectivity index (χ0v) is 23.7. The van der Waals surface area contributed by atoms with Gasteiger partial charge in [-0.15, -0.1) is 11.3 Å². The van der Waals surface area contributed by atoms with Crippen LogP contribution >= 0.6 is 11.3 Å². The van der Waals surface area contributed by atoms with Crippen molar-refractivity contribution < 1.29 is 6.22 Å². The maximum Gasteiger partial charge on any atom is 0.252 e. The second kappa shape index (κ2) is 11.3. The van der Waals surface area contributed by atoms with Crippen molar-refractivity contribution >= 4 is 33.3 Å². The van der Waals surface area contributed by atoms with Crippen LogP contribution in [0, 0.1) is 17.8 Å². The average molecular weight is 534 g/mol. The fraction of sp³-hybridized carbons (Fsp3) is 0.581. The standard InChI is InChI=1S/C29H35N5OS.C2H6.H2/c35-28(24-3-1-5-25-23(24)4-2-12-30-25)31-22-8-6-19(7-9-22)10-13-33-14-11-27-26(18-33)32-29(36-27)34-16-20-15-21(20)17-34;1-2;/h1-5,12,19-22H,6-11,13-18H2,(H,31,35);1-2H3;1H. The average Bonchev–Trinajstić information content (AvgIpc) is 3.36. The maximum atomic E-state index is 13.0. The van der Waals surface area contributed by atoms with Crippen molar-refractivity contribution in [2.75, 3.05) is 31.1 Å². The van der Waals surface area contributed by atoms with E-state index in [1.54, 1.807) is 6.20 Å². The third kappa shape index (κ3) is 5.46. The summed E-state index contributed by atoms with van der Waals surface area (Å²) in [6.07, 6.45) is 10.2. The first kappa shape index (κ1) is 25.8. The smallest absolute Gasteiger partial charge is 0.252 e. The van der Waals surface area contributed by atoms with E-state index in [1.165, 1.54) is 67.6 Å². The molecular formula is C31H43N5OS. The zero-order valence-electron chi connectivity index (χ0n) is 22.9. The van der Waals surface area contributed by atoms with E-state index in [0.717, 1.165) is 60.0 Å². The van der Waals surface area contributed by atoms with Crippen LogP contribution in [0.5, 0.6) is 0 Å². The second-order valence-corrected chi connectivity index (χ2v) is 12.5.